The fourth-order valence-corrected chi connectivity index (χ4v) is 4.12. The lowest BCUT2D eigenvalue weighted by atomic mass is 10.1. The second-order valence-corrected chi connectivity index (χ2v) is 8.75. The highest BCUT2D eigenvalue weighted by Crippen LogP contribution is 2.33. The van der Waals surface area contributed by atoms with Crippen LogP contribution < -0.4 is 20.3 Å². The van der Waals surface area contributed by atoms with Gasteiger partial charge in [-0.2, -0.15) is 0 Å². The lowest BCUT2D eigenvalue weighted by Gasteiger charge is -2.36. The van der Waals surface area contributed by atoms with Crippen LogP contribution in [-0.2, 0) is 11.3 Å². The Morgan fingerprint density at radius 2 is 1.88 bits per heavy atom. The molecule has 1 atom stereocenters. The number of nitrogens with zero attached hydrogens (tertiary/aromatic N) is 2. The first kappa shape index (κ1) is 20.8. The summed E-state index contributed by atoms with van der Waals surface area (Å²) in [7, 11) is 0. The van der Waals surface area contributed by atoms with Crippen molar-refractivity contribution in [2.45, 2.75) is 38.5 Å². The minimum absolute atomic E-state index is 0.00741. The molecule has 168 valence electrons. The second kappa shape index (κ2) is 8.43. The number of carbonyl (C=O) groups is 2. The van der Waals surface area contributed by atoms with Crippen LogP contribution in [0.25, 0.3) is 0 Å². The van der Waals surface area contributed by atoms with Crippen molar-refractivity contribution in [1.82, 2.24) is 10.2 Å². The molecule has 2 aromatic rings. The molecule has 2 N–H and O–H groups in total. The smallest absolute Gasteiger partial charge is 0.265 e. The molecule has 32 heavy (non-hydrogen) atoms. The van der Waals surface area contributed by atoms with E-state index in [4.69, 9.17) is 4.74 Å². The fraction of sp³-hybridized carbons (Fsp3) is 0.417. The van der Waals surface area contributed by atoms with Crippen molar-refractivity contribution in [1.29, 1.82) is 0 Å². The Labute approximate surface area is 186 Å². The van der Waals surface area contributed by atoms with Gasteiger partial charge >= 0.3 is 0 Å². The van der Waals surface area contributed by atoms with Gasteiger partial charge in [0.2, 0.25) is 0 Å². The van der Waals surface area contributed by atoms with Crippen molar-refractivity contribution in [2.75, 3.05) is 36.4 Å². The van der Waals surface area contributed by atoms with Gasteiger partial charge in [-0.15, -0.1) is 0 Å². The highest BCUT2D eigenvalue weighted by atomic mass is 19.1. The Balaban J connectivity index is 1.18. The van der Waals surface area contributed by atoms with Crippen molar-refractivity contribution >= 4 is 23.2 Å². The van der Waals surface area contributed by atoms with E-state index < -0.39 is 6.10 Å². The molecule has 1 saturated heterocycles. The maximum absolute atomic E-state index is 14.6. The van der Waals surface area contributed by atoms with Gasteiger partial charge in [0, 0.05) is 61.6 Å². The summed E-state index contributed by atoms with van der Waals surface area (Å²) in [5, 5.41) is 5.79. The first-order valence-electron chi connectivity index (χ1n) is 11.1. The van der Waals surface area contributed by atoms with Gasteiger partial charge in [-0.3, -0.25) is 14.5 Å². The lowest BCUT2D eigenvalue weighted by molar-refractivity contribution is -0.122. The molecule has 7 nitrogen and oxygen atoms in total. The molecular formula is C24H27FN4O3. The van der Waals surface area contributed by atoms with Gasteiger partial charge in [-0.05, 0) is 50.1 Å². The molecule has 5 rings (SSSR count). The standard InChI is InChI=1S/C24H27FN4O3/c1-15-23(30)27-21-12-17(20(25)13-22(21)32-15)14-28-8-10-29(11-9-28)19-6-2-16(3-7-19)24(31)26-18-4-5-18/h2-3,6-7,12-13,15,18H,4-5,8-11,14H2,1H3,(H,26,31)(H,27,30). The molecule has 2 fully saturated rings. The number of carbonyl (C=O) groups excluding carboxylic acids is 2. The molecule has 3 aliphatic rings. The molecule has 1 unspecified atom stereocenters. The summed E-state index contributed by atoms with van der Waals surface area (Å²) in [6.07, 6.45) is 1.53. The normalized spacial score (nSPS) is 20.9. The molecule has 1 saturated carbocycles. The van der Waals surface area contributed by atoms with E-state index in [1.807, 2.05) is 24.3 Å². The topological polar surface area (TPSA) is 73.9 Å². The van der Waals surface area contributed by atoms with Gasteiger partial charge in [0.15, 0.2) is 6.10 Å². The van der Waals surface area contributed by atoms with E-state index in [2.05, 4.69) is 20.4 Å². The van der Waals surface area contributed by atoms with E-state index >= 15 is 0 Å². The minimum Gasteiger partial charge on any atom is -0.479 e. The third-order valence-electron chi connectivity index (χ3n) is 6.25. The molecule has 2 aromatic carbocycles. The molecule has 0 bridgehead atoms. The number of ether oxygens (including phenoxy) is 1. The number of piperazine rings is 1. The first-order chi connectivity index (χ1) is 15.5. The van der Waals surface area contributed by atoms with Crippen LogP contribution in [0.4, 0.5) is 15.8 Å². The Kier molecular flexibility index (Phi) is 5.46. The summed E-state index contributed by atoms with van der Waals surface area (Å²) in [4.78, 5) is 28.5. The molecule has 0 spiro atoms. The van der Waals surface area contributed by atoms with Gasteiger partial charge < -0.3 is 20.3 Å². The lowest BCUT2D eigenvalue weighted by Crippen LogP contribution is -2.46. The van der Waals surface area contributed by atoms with Gasteiger partial charge in [-0.25, -0.2) is 4.39 Å². The van der Waals surface area contributed by atoms with E-state index in [9.17, 15) is 14.0 Å². The van der Waals surface area contributed by atoms with Crippen LogP contribution in [0.2, 0.25) is 0 Å². The highest BCUT2D eigenvalue weighted by Gasteiger charge is 2.26. The number of nitrogens with one attached hydrogen (secondary N) is 2. The zero-order chi connectivity index (χ0) is 22.2. The Hall–Kier alpha value is -3.13. The third kappa shape index (κ3) is 4.41. The summed E-state index contributed by atoms with van der Waals surface area (Å²) < 4.78 is 20.1. The van der Waals surface area contributed by atoms with E-state index in [1.54, 1.807) is 13.0 Å². The van der Waals surface area contributed by atoms with E-state index in [-0.39, 0.29) is 17.6 Å². The Morgan fingerprint density at radius 3 is 2.56 bits per heavy atom. The molecule has 2 amide bonds. The van der Waals surface area contributed by atoms with Crippen LogP contribution in [0.3, 0.4) is 0 Å². The Morgan fingerprint density at radius 1 is 1.16 bits per heavy atom. The van der Waals surface area contributed by atoms with E-state index in [0.717, 1.165) is 44.7 Å². The predicted octanol–water partition coefficient (Wildman–Crippen LogP) is 2.76. The summed E-state index contributed by atoms with van der Waals surface area (Å²) in [6.45, 7) is 5.33. The molecule has 8 heteroatoms. The largest absolute Gasteiger partial charge is 0.479 e. The number of hydrogen-bond acceptors (Lipinski definition) is 5. The van der Waals surface area contributed by atoms with E-state index in [1.165, 1.54) is 6.07 Å². The van der Waals surface area contributed by atoms with Crippen LogP contribution in [0.15, 0.2) is 36.4 Å². The van der Waals surface area contributed by atoms with Crippen LogP contribution in [0.1, 0.15) is 35.7 Å². The molecule has 2 heterocycles. The third-order valence-corrected chi connectivity index (χ3v) is 6.25. The van der Waals surface area contributed by atoms with Crippen LogP contribution in [0, 0.1) is 5.82 Å². The van der Waals surface area contributed by atoms with Gasteiger partial charge in [0.25, 0.3) is 11.8 Å². The summed E-state index contributed by atoms with van der Waals surface area (Å²) in [6, 6.07) is 11.1. The van der Waals surface area contributed by atoms with Gasteiger partial charge in [0.05, 0.1) is 5.69 Å². The molecule has 0 radical (unpaired) electrons. The fourth-order valence-electron chi connectivity index (χ4n) is 4.12. The van der Waals surface area contributed by atoms with Crippen LogP contribution >= 0.6 is 0 Å². The zero-order valence-electron chi connectivity index (χ0n) is 18.1. The summed E-state index contributed by atoms with van der Waals surface area (Å²) in [5.41, 5.74) is 2.84. The number of halogens is 1. The number of amides is 2. The average Bonchev–Trinajstić information content (AvgIpc) is 3.60. The second-order valence-electron chi connectivity index (χ2n) is 8.75. The maximum Gasteiger partial charge on any atom is 0.265 e. The monoisotopic (exact) mass is 438 g/mol. The number of hydrogen-bond donors (Lipinski definition) is 2. The number of fused-ring (bicyclic) bond motifs is 1. The number of anilines is 2. The minimum atomic E-state index is -0.623. The molecule has 1 aliphatic carbocycles. The number of rotatable bonds is 5. The van der Waals surface area contributed by atoms with Crippen molar-refractivity contribution in [3.05, 3.63) is 53.3 Å². The van der Waals surface area contributed by atoms with E-state index in [0.29, 0.717) is 35.2 Å². The van der Waals surface area contributed by atoms with Crippen LogP contribution in [-0.4, -0.2) is 55.0 Å². The number of benzene rings is 2. The van der Waals surface area contributed by atoms with Gasteiger partial charge in [-0.1, -0.05) is 0 Å². The summed E-state index contributed by atoms with van der Waals surface area (Å²) >= 11 is 0. The Bertz CT molecular complexity index is 1030. The SMILES string of the molecule is CC1Oc2cc(F)c(CN3CCN(c4ccc(C(=O)NC5CC5)cc4)CC3)cc2NC1=O. The van der Waals surface area contributed by atoms with Crippen molar-refractivity contribution in [3.8, 4) is 5.75 Å². The van der Waals surface area contributed by atoms with Crippen molar-refractivity contribution in [2.24, 2.45) is 0 Å². The highest BCUT2D eigenvalue weighted by molar-refractivity contribution is 5.97. The predicted molar refractivity (Wildman–Crippen MR) is 120 cm³/mol. The first-order valence-corrected chi connectivity index (χ1v) is 11.1. The van der Waals surface area contributed by atoms with Crippen LogP contribution in [0.5, 0.6) is 5.75 Å². The molecule has 0 aromatic heterocycles. The van der Waals surface area contributed by atoms with Crippen molar-refractivity contribution in [3.63, 3.8) is 0 Å². The quantitative estimate of drug-likeness (QED) is 0.751. The summed E-state index contributed by atoms with van der Waals surface area (Å²) in [5.74, 6) is -0.182. The zero-order valence-corrected chi connectivity index (χ0v) is 18.1. The molecular weight excluding hydrogens is 411 g/mol. The average molecular weight is 439 g/mol. The maximum atomic E-state index is 14.6. The van der Waals surface area contributed by atoms with Gasteiger partial charge in [0.1, 0.15) is 11.6 Å². The van der Waals surface area contributed by atoms with Crippen molar-refractivity contribution < 1.29 is 18.7 Å². The molecule has 2 aliphatic heterocycles.